The van der Waals surface area contributed by atoms with Gasteiger partial charge in [0.25, 0.3) is 11.8 Å². The van der Waals surface area contributed by atoms with E-state index < -0.39 is 6.10 Å². The van der Waals surface area contributed by atoms with Crippen molar-refractivity contribution >= 4 is 29.1 Å². The lowest BCUT2D eigenvalue weighted by Crippen LogP contribution is -2.39. The fraction of sp³-hybridized carbons (Fsp3) is 0.200. The van der Waals surface area contributed by atoms with Crippen molar-refractivity contribution in [2.24, 2.45) is 0 Å². The van der Waals surface area contributed by atoms with Gasteiger partial charge in [-0.15, -0.1) is 0 Å². The lowest BCUT2D eigenvalue weighted by Gasteiger charge is -2.24. The molecule has 3 rings (SSSR count). The van der Waals surface area contributed by atoms with Gasteiger partial charge < -0.3 is 15.0 Å². The van der Waals surface area contributed by atoms with Gasteiger partial charge in [0.15, 0.2) is 6.10 Å². The first-order valence-electron chi connectivity index (χ1n) is 10.1. The van der Waals surface area contributed by atoms with Gasteiger partial charge in [-0.05, 0) is 55.3 Å². The smallest absolute Gasteiger partial charge is 0.267 e. The van der Waals surface area contributed by atoms with Crippen molar-refractivity contribution in [3.8, 4) is 5.75 Å². The predicted molar refractivity (Wildman–Crippen MR) is 124 cm³/mol. The van der Waals surface area contributed by atoms with Crippen molar-refractivity contribution in [1.29, 1.82) is 0 Å². The molecule has 0 spiro atoms. The Morgan fingerprint density at radius 1 is 0.968 bits per heavy atom. The molecule has 3 aromatic carbocycles. The summed E-state index contributed by atoms with van der Waals surface area (Å²) in [5, 5.41) is 3.53. The number of likely N-dealkylation sites (N-methyl/N-ethyl adjacent to an activating group) is 1. The van der Waals surface area contributed by atoms with Crippen LogP contribution in [0.15, 0.2) is 78.9 Å². The van der Waals surface area contributed by atoms with Crippen molar-refractivity contribution in [3.63, 3.8) is 0 Å². The number of rotatable bonds is 8. The minimum atomic E-state index is -0.736. The van der Waals surface area contributed by atoms with Gasteiger partial charge in [-0.25, -0.2) is 0 Å². The predicted octanol–water partition coefficient (Wildman–Crippen LogP) is 4.74. The van der Waals surface area contributed by atoms with Crippen molar-refractivity contribution in [3.05, 3.63) is 95.0 Å². The third-order valence-corrected chi connectivity index (χ3v) is 5.11. The first-order chi connectivity index (χ1) is 15.0. The first-order valence-corrected chi connectivity index (χ1v) is 10.4. The van der Waals surface area contributed by atoms with Gasteiger partial charge in [-0.3, -0.25) is 9.59 Å². The molecule has 0 aliphatic heterocycles. The SMILES string of the molecule is CC(Oc1ccc(Cl)cc1)C(=O)N(C)c1ccccc1C(=O)NCCc1ccccc1. The van der Waals surface area contributed by atoms with Crippen LogP contribution in [0.5, 0.6) is 5.75 Å². The molecule has 0 aromatic heterocycles. The molecule has 1 atom stereocenters. The fourth-order valence-electron chi connectivity index (χ4n) is 3.18. The summed E-state index contributed by atoms with van der Waals surface area (Å²) in [6, 6.07) is 23.8. The van der Waals surface area contributed by atoms with Crippen LogP contribution < -0.4 is 15.0 Å². The molecule has 3 aromatic rings. The van der Waals surface area contributed by atoms with Gasteiger partial charge in [-0.2, -0.15) is 0 Å². The van der Waals surface area contributed by atoms with E-state index in [4.69, 9.17) is 16.3 Å². The van der Waals surface area contributed by atoms with Crippen LogP contribution in [0, 0.1) is 0 Å². The maximum absolute atomic E-state index is 12.9. The molecule has 0 aliphatic carbocycles. The third-order valence-electron chi connectivity index (χ3n) is 4.86. The van der Waals surface area contributed by atoms with E-state index in [0.717, 1.165) is 12.0 Å². The number of hydrogen-bond donors (Lipinski definition) is 1. The van der Waals surface area contributed by atoms with Crippen LogP contribution >= 0.6 is 11.6 Å². The standard InChI is InChI=1S/C25H25ClN2O3/c1-18(31-21-14-12-20(26)13-15-21)25(30)28(2)23-11-7-6-10-22(23)24(29)27-17-16-19-8-4-3-5-9-19/h3-15,18H,16-17H2,1-2H3,(H,27,29). The Bertz CT molecular complexity index is 1020. The van der Waals surface area contributed by atoms with Crippen molar-refractivity contribution in [2.75, 3.05) is 18.5 Å². The Hall–Kier alpha value is -3.31. The summed E-state index contributed by atoms with van der Waals surface area (Å²) in [6.07, 6.45) is -0.00414. The Kier molecular flexibility index (Phi) is 7.68. The summed E-state index contributed by atoms with van der Waals surface area (Å²) in [7, 11) is 1.64. The van der Waals surface area contributed by atoms with Gasteiger partial charge in [0.05, 0.1) is 11.3 Å². The highest BCUT2D eigenvalue weighted by Gasteiger charge is 2.24. The number of carbonyl (C=O) groups excluding carboxylic acids is 2. The molecule has 0 heterocycles. The second-order valence-corrected chi connectivity index (χ2v) is 7.56. The summed E-state index contributed by atoms with van der Waals surface area (Å²) >= 11 is 5.89. The number of benzene rings is 3. The normalized spacial score (nSPS) is 11.5. The number of nitrogens with zero attached hydrogens (tertiary/aromatic N) is 1. The summed E-state index contributed by atoms with van der Waals surface area (Å²) < 4.78 is 5.74. The van der Waals surface area contributed by atoms with Crippen LogP contribution in [0.25, 0.3) is 0 Å². The second-order valence-electron chi connectivity index (χ2n) is 7.12. The van der Waals surface area contributed by atoms with Crippen LogP contribution in [0.2, 0.25) is 5.02 Å². The third kappa shape index (κ3) is 6.09. The molecule has 1 N–H and O–H groups in total. The van der Waals surface area contributed by atoms with Crippen LogP contribution in [0.3, 0.4) is 0 Å². The molecule has 0 fully saturated rings. The average Bonchev–Trinajstić information content (AvgIpc) is 2.80. The minimum absolute atomic E-state index is 0.225. The van der Waals surface area contributed by atoms with Gasteiger partial charge in [0.2, 0.25) is 0 Å². The monoisotopic (exact) mass is 436 g/mol. The maximum Gasteiger partial charge on any atom is 0.267 e. The van der Waals surface area contributed by atoms with E-state index in [2.05, 4.69) is 5.32 Å². The molecular formula is C25H25ClN2O3. The number of halogens is 1. The molecule has 2 amide bonds. The zero-order chi connectivity index (χ0) is 22.2. The minimum Gasteiger partial charge on any atom is -0.481 e. The maximum atomic E-state index is 12.9. The van der Waals surface area contributed by atoms with E-state index in [1.54, 1.807) is 62.5 Å². The summed E-state index contributed by atoms with van der Waals surface area (Å²) in [6.45, 7) is 2.18. The first kappa shape index (κ1) is 22.4. The summed E-state index contributed by atoms with van der Waals surface area (Å²) in [4.78, 5) is 27.2. The van der Waals surface area contributed by atoms with E-state index >= 15 is 0 Å². The van der Waals surface area contributed by atoms with E-state index in [9.17, 15) is 9.59 Å². The van der Waals surface area contributed by atoms with E-state index in [1.807, 2.05) is 30.3 Å². The van der Waals surface area contributed by atoms with Gasteiger partial charge in [0.1, 0.15) is 5.75 Å². The van der Waals surface area contributed by atoms with Crippen LogP contribution in [0.1, 0.15) is 22.8 Å². The molecule has 160 valence electrons. The number of amides is 2. The Morgan fingerprint density at radius 2 is 1.61 bits per heavy atom. The second kappa shape index (κ2) is 10.6. The molecule has 6 heteroatoms. The Labute approximate surface area is 187 Å². The Morgan fingerprint density at radius 3 is 2.32 bits per heavy atom. The highest BCUT2D eigenvalue weighted by atomic mass is 35.5. The van der Waals surface area contributed by atoms with E-state index in [1.165, 1.54) is 4.90 Å². The molecule has 0 bridgehead atoms. The zero-order valence-electron chi connectivity index (χ0n) is 17.5. The zero-order valence-corrected chi connectivity index (χ0v) is 18.3. The molecule has 0 aliphatic rings. The lowest BCUT2D eigenvalue weighted by atomic mass is 10.1. The molecule has 0 radical (unpaired) electrons. The number of nitrogens with one attached hydrogen (secondary N) is 1. The fourth-order valence-corrected chi connectivity index (χ4v) is 3.30. The van der Waals surface area contributed by atoms with Crippen LogP contribution in [-0.2, 0) is 11.2 Å². The van der Waals surface area contributed by atoms with E-state index in [-0.39, 0.29) is 11.8 Å². The lowest BCUT2D eigenvalue weighted by molar-refractivity contribution is -0.124. The topological polar surface area (TPSA) is 58.6 Å². The molecule has 5 nitrogen and oxygen atoms in total. The molecule has 0 saturated carbocycles. The molecule has 0 saturated heterocycles. The van der Waals surface area contributed by atoms with Gasteiger partial charge in [0, 0.05) is 18.6 Å². The number of ether oxygens (including phenoxy) is 1. The highest BCUT2D eigenvalue weighted by Crippen LogP contribution is 2.22. The molecule has 31 heavy (non-hydrogen) atoms. The number of anilines is 1. The van der Waals surface area contributed by atoms with Gasteiger partial charge in [-0.1, -0.05) is 54.1 Å². The van der Waals surface area contributed by atoms with Crippen molar-refractivity contribution < 1.29 is 14.3 Å². The highest BCUT2D eigenvalue weighted by molar-refractivity contribution is 6.30. The van der Waals surface area contributed by atoms with E-state index in [0.29, 0.717) is 28.6 Å². The van der Waals surface area contributed by atoms with Crippen molar-refractivity contribution in [1.82, 2.24) is 5.32 Å². The summed E-state index contributed by atoms with van der Waals surface area (Å²) in [5.41, 5.74) is 2.11. The number of hydrogen-bond acceptors (Lipinski definition) is 3. The molecule has 1 unspecified atom stereocenters. The molecular weight excluding hydrogens is 412 g/mol. The van der Waals surface area contributed by atoms with Crippen LogP contribution in [0.4, 0.5) is 5.69 Å². The number of para-hydroxylation sites is 1. The Balaban J connectivity index is 1.65. The largest absolute Gasteiger partial charge is 0.481 e. The van der Waals surface area contributed by atoms with Gasteiger partial charge >= 0.3 is 0 Å². The quantitative estimate of drug-likeness (QED) is 0.554. The van der Waals surface area contributed by atoms with Crippen molar-refractivity contribution in [2.45, 2.75) is 19.4 Å². The van der Waals surface area contributed by atoms with Crippen LogP contribution in [-0.4, -0.2) is 31.5 Å². The average molecular weight is 437 g/mol. The number of carbonyl (C=O) groups is 2. The summed E-state index contributed by atoms with van der Waals surface area (Å²) in [5.74, 6) is 0.0579.